The molecule has 2 unspecified atom stereocenters. The molecule has 2 N–H and O–H groups in total. The first-order valence-corrected chi connectivity index (χ1v) is 9.69. The first-order valence-electron chi connectivity index (χ1n) is 8.20. The Labute approximate surface area is 149 Å². The highest BCUT2D eigenvalue weighted by Gasteiger charge is 2.32. The van der Waals surface area contributed by atoms with Crippen molar-refractivity contribution >= 4 is 15.8 Å². The van der Waals surface area contributed by atoms with E-state index in [-0.39, 0.29) is 10.9 Å². The first kappa shape index (κ1) is 17.0. The van der Waals surface area contributed by atoms with E-state index in [0.29, 0.717) is 11.5 Å². The molecule has 0 aliphatic carbocycles. The van der Waals surface area contributed by atoms with Crippen molar-refractivity contribution in [1.29, 1.82) is 0 Å². The molecule has 0 amide bonds. The van der Waals surface area contributed by atoms with Crippen LogP contribution in [0.2, 0.25) is 0 Å². The van der Waals surface area contributed by atoms with E-state index in [1.807, 2.05) is 0 Å². The molecule has 1 saturated heterocycles. The van der Waals surface area contributed by atoms with Crippen LogP contribution in [0.3, 0.4) is 0 Å². The van der Waals surface area contributed by atoms with Crippen molar-refractivity contribution in [2.45, 2.75) is 29.8 Å². The summed E-state index contributed by atoms with van der Waals surface area (Å²) in [5.74, 6) is -0.0945. The molecule has 0 spiro atoms. The fraction of sp³-hybridized carbons (Fsp3) is 0.312. The quantitative estimate of drug-likeness (QED) is 0.690. The maximum atomic E-state index is 13.1. The number of nitrogens with zero attached hydrogens (tertiary/aromatic N) is 4. The van der Waals surface area contributed by atoms with E-state index in [4.69, 9.17) is 0 Å². The molecule has 0 bridgehead atoms. The summed E-state index contributed by atoms with van der Waals surface area (Å²) in [6, 6.07) is 5.79. The van der Waals surface area contributed by atoms with E-state index < -0.39 is 21.9 Å². The number of hydrogen-bond donors (Lipinski definition) is 2. The van der Waals surface area contributed by atoms with Crippen LogP contribution in [0.25, 0.3) is 5.78 Å². The van der Waals surface area contributed by atoms with Gasteiger partial charge in [0.2, 0.25) is 10.0 Å². The smallest absolute Gasteiger partial charge is 0.252 e. The second-order valence-corrected chi connectivity index (χ2v) is 7.81. The minimum absolute atomic E-state index is 0.00536. The Balaban J connectivity index is 1.74. The molecule has 10 heteroatoms. The van der Waals surface area contributed by atoms with Gasteiger partial charge in [0.15, 0.2) is 0 Å². The molecule has 2 aromatic heterocycles. The van der Waals surface area contributed by atoms with E-state index >= 15 is 0 Å². The predicted molar refractivity (Wildman–Crippen MR) is 91.3 cm³/mol. The number of halogens is 1. The normalized spacial score (nSPS) is 19.0. The third kappa shape index (κ3) is 3.18. The number of hydrogen-bond acceptors (Lipinski definition) is 6. The Hall–Kier alpha value is -2.43. The summed E-state index contributed by atoms with van der Waals surface area (Å²) in [5.41, 5.74) is 0.637. The molecular formula is C16H17FN6O2S. The molecule has 3 aromatic rings. The van der Waals surface area contributed by atoms with Gasteiger partial charge in [-0.3, -0.25) is 0 Å². The topological polar surface area (TPSA) is 101 Å². The van der Waals surface area contributed by atoms with E-state index in [9.17, 15) is 12.8 Å². The second kappa shape index (κ2) is 6.71. The third-order valence-corrected chi connectivity index (χ3v) is 5.89. The van der Waals surface area contributed by atoms with Crippen LogP contribution in [0, 0.1) is 5.82 Å². The SMILES string of the molecule is O=S(=O)(NC(c1ccnc2ncnn12)C1CCCN1)c1ccc(F)cc1. The third-order valence-electron chi connectivity index (χ3n) is 4.44. The van der Waals surface area contributed by atoms with Gasteiger partial charge in [0, 0.05) is 12.2 Å². The highest BCUT2D eigenvalue weighted by molar-refractivity contribution is 7.89. The molecule has 0 saturated carbocycles. The van der Waals surface area contributed by atoms with Crippen molar-refractivity contribution in [3.8, 4) is 0 Å². The summed E-state index contributed by atoms with van der Waals surface area (Å²) >= 11 is 0. The Morgan fingerprint density at radius 2 is 2.04 bits per heavy atom. The van der Waals surface area contributed by atoms with Crippen LogP contribution in [-0.4, -0.2) is 40.6 Å². The monoisotopic (exact) mass is 376 g/mol. The summed E-state index contributed by atoms with van der Waals surface area (Å²) in [4.78, 5) is 8.18. The molecular weight excluding hydrogens is 359 g/mol. The predicted octanol–water partition coefficient (Wildman–Crippen LogP) is 1.03. The van der Waals surface area contributed by atoms with Crippen LogP contribution in [0.15, 0.2) is 47.8 Å². The van der Waals surface area contributed by atoms with Crippen molar-refractivity contribution in [3.63, 3.8) is 0 Å². The molecule has 3 heterocycles. The van der Waals surface area contributed by atoms with E-state index in [1.165, 1.54) is 23.0 Å². The molecule has 1 aromatic carbocycles. The molecule has 8 nitrogen and oxygen atoms in total. The lowest BCUT2D eigenvalue weighted by Crippen LogP contribution is -2.41. The van der Waals surface area contributed by atoms with Crippen molar-refractivity contribution in [2.75, 3.05) is 6.54 Å². The second-order valence-electron chi connectivity index (χ2n) is 6.10. The maximum Gasteiger partial charge on any atom is 0.252 e. The van der Waals surface area contributed by atoms with Gasteiger partial charge < -0.3 is 5.32 Å². The zero-order valence-electron chi connectivity index (χ0n) is 13.7. The summed E-state index contributed by atoms with van der Waals surface area (Å²) in [6.45, 7) is 0.811. The molecule has 0 radical (unpaired) electrons. The average molecular weight is 376 g/mol. The zero-order valence-corrected chi connectivity index (χ0v) is 14.5. The van der Waals surface area contributed by atoms with E-state index in [1.54, 1.807) is 12.3 Å². The highest BCUT2D eigenvalue weighted by Crippen LogP contribution is 2.25. The molecule has 1 fully saturated rings. The lowest BCUT2D eigenvalue weighted by molar-refractivity contribution is 0.443. The number of fused-ring (bicyclic) bond motifs is 1. The van der Waals surface area contributed by atoms with Gasteiger partial charge >= 0.3 is 0 Å². The highest BCUT2D eigenvalue weighted by atomic mass is 32.2. The standard InChI is InChI=1S/C16H17FN6O2S/c17-11-3-5-12(6-4-11)26(24,25)22-15(13-2-1-8-18-13)14-7-9-19-16-20-10-21-23(14)16/h3-7,9-10,13,15,18,22H,1-2,8H2. The Kier molecular flexibility index (Phi) is 4.39. The molecule has 1 aliphatic rings. The summed E-state index contributed by atoms with van der Waals surface area (Å²) in [5, 5.41) is 7.48. The van der Waals surface area contributed by atoms with Gasteiger partial charge in [0.05, 0.1) is 16.6 Å². The number of aromatic nitrogens is 4. The van der Waals surface area contributed by atoms with Gasteiger partial charge in [0.25, 0.3) is 5.78 Å². The van der Waals surface area contributed by atoms with Crippen LogP contribution >= 0.6 is 0 Å². The Bertz CT molecular complexity index is 1010. The fourth-order valence-corrected chi connectivity index (χ4v) is 4.44. The van der Waals surface area contributed by atoms with Crippen molar-refractivity contribution in [3.05, 3.63) is 54.4 Å². The largest absolute Gasteiger partial charge is 0.312 e. The van der Waals surface area contributed by atoms with Crippen LogP contribution in [0.5, 0.6) is 0 Å². The Morgan fingerprint density at radius 3 is 2.77 bits per heavy atom. The maximum absolute atomic E-state index is 13.1. The van der Waals surface area contributed by atoms with Gasteiger partial charge in [-0.15, -0.1) is 0 Å². The van der Waals surface area contributed by atoms with Crippen molar-refractivity contribution in [2.24, 2.45) is 0 Å². The van der Waals surface area contributed by atoms with Crippen LogP contribution < -0.4 is 10.0 Å². The number of nitrogens with one attached hydrogen (secondary N) is 2. The minimum Gasteiger partial charge on any atom is -0.312 e. The summed E-state index contributed by atoms with van der Waals surface area (Å²) in [7, 11) is -3.85. The number of sulfonamides is 1. The zero-order chi connectivity index (χ0) is 18.1. The molecule has 4 rings (SSSR count). The average Bonchev–Trinajstić information content (AvgIpc) is 3.31. The van der Waals surface area contributed by atoms with Crippen LogP contribution in [0.1, 0.15) is 24.6 Å². The van der Waals surface area contributed by atoms with E-state index in [2.05, 4.69) is 25.1 Å². The van der Waals surface area contributed by atoms with E-state index in [0.717, 1.165) is 31.5 Å². The van der Waals surface area contributed by atoms with Gasteiger partial charge in [-0.25, -0.2) is 22.5 Å². The fourth-order valence-electron chi connectivity index (χ4n) is 3.19. The van der Waals surface area contributed by atoms with Gasteiger partial charge in [-0.1, -0.05) is 0 Å². The first-order chi connectivity index (χ1) is 12.5. The summed E-state index contributed by atoms with van der Waals surface area (Å²) in [6.07, 6.45) is 4.72. The lowest BCUT2D eigenvalue weighted by atomic mass is 10.0. The lowest BCUT2D eigenvalue weighted by Gasteiger charge is -2.25. The molecule has 26 heavy (non-hydrogen) atoms. The van der Waals surface area contributed by atoms with Gasteiger partial charge in [0.1, 0.15) is 12.1 Å². The van der Waals surface area contributed by atoms with Crippen LogP contribution in [0.4, 0.5) is 4.39 Å². The minimum atomic E-state index is -3.85. The molecule has 136 valence electrons. The van der Waals surface area contributed by atoms with Crippen LogP contribution in [-0.2, 0) is 10.0 Å². The number of benzene rings is 1. The molecule has 2 atom stereocenters. The summed E-state index contributed by atoms with van der Waals surface area (Å²) < 4.78 is 43.1. The Morgan fingerprint density at radius 1 is 1.23 bits per heavy atom. The number of rotatable bonds is 5. The van der Waals surface area contributed by atoms with Crippen molar-refractivity contribution < 1.29 is 12.8 Å². The van der Waals surface area contributed by atoms with Gasteiger partial charge in [-0.2, -0.15) is 14.6 Å². The molecule has 1 aliphatic heterocycles. The van der Waals surface area contributed by atoms with Crippen molar-refractivity contribution in [1.82, 2.24) is 29.6 Å². The van der Waals surface area contributed by atoms with Gasteiger partial charge in [-0.05, 0) is 49.7 Å².